The molecule has 0 aromatic heterocycles. The van der Waals surface area contributed by atoms with E-state index in [-0.39, 0.29) is 0 Å². The second-order valence-electron chi connectivity index (χ2n) is 3.12. The Balaban J connectivity index is 2.15. The lowest BCUT2D eigenvalue weighted by molar-refractivity contribution is 0.382. The summed E-state index contributed by atoms with van der Waals surface area (Å²) in [5, 5.41) is 2.28. The number of fused-ring (bicyclic) bond motifs is 4. The van der Waals surface area contributed by atoms with Crippen molar-refractivity contribution in [2.24, 2.45) is 0 Å². The second kappa shape index (κ2) is 1.45. The standard InChI is InChI=1S/C8H10N2/c1-2-7-5-6(1)8-3-4-9-10(7)8/h2,9H,1,3-5H2. The average Bonchev–Trinajstić information content (AvgIpc) is 2.60. The Bertz CT molecular complexity index is 250. The van der Waals surface area contributed by atoms with Crippen LogP contribution >= 0.6 is 0 Å². The van der Waals surface area contributed by atoms with Crippen molar-refractivity contribution in [2.75, 3.05) is 6.54 Å². The zero-order chi connectivity index (χ0) is 6.55. The van der Waals surface area contributed by atoms with Crippen LogP contribution in [0.4, 0.5) is 0 Å². The van der Waals surface area contributed by atoms with Gasteiger partial charge in [-0.05, 0) is 12.0 Å². The summed E-state index contributed by atoms with van der Waals surface area (Å²) in [6.07, 6.45) is 6.02. The minimum Gasteiger partial charge on any atom is -0.285 e. The monoisotopic (exact) mass is 134 g/mol. The number of hydrogen-bond donors (Lipinski definition) is 1. The largest absolute Gasteiger partial charge is 0.285 e. The first kappa shape index (κ1) is 4.97. The Morgan fingerprint density at radius 2 is 2.50 bits per heavy atom. The van der Waals surface area contributed by atoms with Gasteiger partial charge in [0.05, 0.1) is 0 Å². The smallest absolute Gasteiger partial charge is 0.0360 e. The third kappa shape index (κ3) is 0.409. The summed E-state index contributed by atoms with van der Waals surface area (Å²) in [4.78, 5) is 0. The maximum Gasteiger partial charge on any atom is 0.0360 e. The quantitative estimate of drug-likeness (QED) is 0.534. The van der Waals surface area contributed by atoms with E-state index in [2.05, 4.69) is 16.5 Å². The number of nitrogens with zero attached hydrogens (tertiary/aromatic N) is 1. The molecule has 0 radical (unpaired) electrons. The van der Waals surface area contributed by atoms with Gasteiger partial charge in [-0.25, -0.2) is 5.43 Å². The van der Waals surface area contributed by atoms with Crippen LogP contribution < -0.4 is 5.43 Å². The summed E-state index contributed by atoms with van der Waals surface area (Å²) < 4.78 is 0. The maximum absolute atomic E-state index is 3.36. The average molecular weight is 134 g/mol. The minimum absolute atomic E-state index is 1.14. The van der Waals surface area contributed by atoms with Crippen molar-refractivity contribution in [2.45, 2.75) is 19.3 Å². The van der Waals surface area contributed by atoms with Crippen molar-refractivity contribution in [1.82, 2.24) is 10.4 Å². The summed E-state index contributed by atoms with van der Waals surface area (Å²) in [7, 11) is 0. The lowest BCUT2D eigenvalue weighted by atomic mass is 10.1. The van der Waals surface area contributed by atoms with E-state index in [1.165, 1.54) is 25.0 Å². The van der Waals surface area contributed by atoms with Gasteiger partial charge in [0.2, 0.25) is 0 Å². The molecule has 0 saturated carbocycles. The summed E-state index contributed by atoms with van der Waals surface area (Å²) in [5.74, 6) is 0. The van der Waals surface area contributed by atoms with Gasteiger partial charge in [-0.2, -0.15) is 0 Å². The predicted octanol–water partition coefficient (Wildman–Crippen LogP) is 1.14. The number of hydrogen-bond acceptors (Lipinski definition) is 2. The van der Waals surface area contributed by atoms with Crippen LogP contribution in [0, 0.1) is 0 Å². The molecule has 0 aromatic carbocycles. The van der Waals surface area contributed by atoms with Crippen LogP contribution in [0.2, 0.25) is 0 Å². The van der Waals surface area contributed by atoms with Gasteiger partial charge in [0.15, 0.2) is 0 Å². The van der Waals surface area contributed by atoms with Crippen LogP contribution in [-0.4, -0.2) is 11.6 Å². The predicted molar refractivity (Wildman–Crippen MR) is 38.8 cm³/mol. The van der Waals surface area contributed by atoms with Crippen LogP contribution in [0.3, 0.4) is 0 Å². The molecule has 1 saturated heterocycles. The Morgan fingerprint density at radius 1 is 1.50 bits per heavy atom. The Labute approximate surface area is 60.2 Å². The molecule has 52 valence electrons. The topological polar surface area (TPSA) is 15.3 Å². The molecule has 0 aromatic rings. The first-order valence-electron chi connectivity index (χ1n) is 3.89. The summed E-state index contributed by atoms with van der Waals surface area (Å²) in [5.41, 5.74) is 8.07. The number of nitrogens with one attached hydrogen (secondary N) is 1. The third-order valence-electron chi connectivity index (χ3n) is 2.58. The van der Waals surface area contributed by atoms with E-state index in [4.69, 9.17) is 0 Å². The highest BCUT2D eigenvalue weighted by Gasteiger charge is 2.33. The van der Waals surface area contributed by atoms with Crippen molar-refractivity contribution in [3.05, 3.63) is 23.0 Å². The summed E-state index contributed by atoms with van der Waals surface area (Å²) in [6.45, 7) is 1.14. The molecule has 3 rings (SSSR count). The van der Waals surface area contributed by atoms with E-state index in [1.807, 2.05) is 0 Å². The second-order valence-corrected chi connectivity index (χ2v) is 3.12. The Morgan fingerprint density at radius 3 is 3.40 bits per heavy atom. The van der Waals surface area contributed by atoms with Gasteiger partial charge in [-0.3, -0.25) is 5.01 Å². The molecule has 0 unspecified atom stereocenters. The maximum atomic E-state index is 3.36. The van der Waals surface area contributed by atoms with Gasteiger partial charge in [-0.15, -0.1) is 0 Å². The lowest BCUT2D eigenvalue weighted by Gasteiger charge is -2.17. The molecule has 2 heteroatoms. The van der Waals surface area contributed by atoms with Gasteiger partial charge < -0.3 is 0 Å². The van der Waals surface area contributed by atoms with Crippen LogP contribution in [0.5, 0.6) is 0 Å². The highest BCUT2D eigenvalue weighted by atomic mass is 15.5. The summed E-state index contributed by atoms with van der Waals surface area (Å²) >= 11 is 0. The first-order valence-corrected chi connectivity index (χ1v) is 3.89. The molecule has 0 atom stereocenters. The molecular formula is C8H10N2. The highest BCUT2D eigenvalue weighted by molar-refractivity contribution is 5.39. The van der Waals surface area contributed by atoms with Gasteiger partial charge in [0, 0.05) is 30.8 Å². The molecule has 1 N–H and O–H groups in total. The Kier molecular flexibility index (Phi) is 0.722. The molecule has 2 bridgehead atoms. The lowest BCUT2D eigenvalue weighted by Crippen LogP contribution is -2.26. The molecule has 1 aliphatic carbocycles. The van der Waals surface area contributed by atoms with E-state index >= 15 is 0 Å². The van der Waals surface area contributed by atoms with E-state index in [0.29, 0.717) is 0 Å². The molecular weight excluding hydrogens is 124 g/mol. The zero-order valence-electron chi connectivity index (χ0n) is 5.85. The van der Waals surface area contributed by atoms with Gasteiger partial charge in [-0.1, -0.05) is 6.08 Å². The van der Waals surface area contributed by atoms with E-state index in [9.17, 15) is 0 Å². The molecule has 1 fully saturated rings. The molecule has 3 aliphatic rings. The Hall–Kier alpha value is -0.760. The zero-order valence-corrected chi connectivity index (χ0v) is 5.85. The van der Waals surface area contributed by atoms with Crippen LogP contribution in [0.1, 0.15) is 19.3 Å². The fourth-order valence-electron chi connectivity index (χ4n) is 2.10. The molecule has 10 heavy (non-hydrogen) atoms. The molecule has 0 spiro atoms. The van der Waals surface area contributed by atoms with Crippen LogP contribution in [-0.2, 0) is 0 Å². The van der Waals surface area contributed by atoms with Gasteiger partial charge in [0.1, 0.15) is 0 Å². The molecule has 0 amide bonds. The SMILES string of the molecule is C1=C2CC(=C3CCNN23)C1. The van der Waals surface area contributed by atoms with Crippen molar-refractivity contribution in [1.29, 1.82) is 0 Å². The first-order chi connectivity index (χ1) is 4.95. The van der Waals surface area contributed by atoms with Crippen molar-refractivity contribution >= 4 is 0 Å². The summed E-state index contributed by atoms with van der Waals surface area (Å²) in [6, 6.07) is 0. The normalized spacial score (nSPS) is 28.0. The van der Waals surface area contributed by atoms with Gasteiger partial charge >= 0.3 is 0 Å². The van der Waals surface area contributed by atoms with Crippen LogP contribution in [0.15, 0.2) is 23.0 Å². The molecule has 2 nitrogen and oxygen atoms in total. The molecule has 2 aliphatic heterocycles. The fraction of sp³-hybridized carbons (Fsp3) is 0.500. The number of hydrazine groups is 1. The number of rotatable bonds is 0. The van der Waals surface area contributed by atoms with E-state index in [1.54, 1.807) is 11.3 Å². The van der Waals surface area contributed by atoms with E-state index in [0.717, 1.165) is 6.54 Å². The van der Waals surface area contributed by atoms with Crippen molar-refractivity contribution in [3.63, 3.8) is 0 Å². The minimum atomic E-state index is 1.14. The van der Waals surface area contributed by atoms with Gasteiger partial charge in [0.25, 0.3) is 0 Å². The fourth-order valence-corrected chi connectivity index (χ4v) is 2.10. The molecule has 2 heterocycles. The third-order valence-corrected chi connectivity index (χ3v) is 2.58. The van der Waals surface area contributed by atoms with Crippen LogP contribution in [0.25, 0.3) is 0 Å². The van der Waals surface area contributed by atoms with Crippen molar-refractivity contribution < 1.29 is 0 Å². The van der Waals surface area contributed by atoms with E-state index < -0.39 is 0 Å². The highest BCUT2D eigenvalue weighted by Crippen LogP contribution is 2.41. The van der Waals surface area contributed by atoms with Crippen molar-refractivity contribution in [3.8, 4) is 0 Å². The number of allylic oxidation sites excluding steroid dienone is 2.